The van der Waals surface area contributed by atoms with E-state index >= 15 is 0 Å². The molecule has 0 aliphatic heterocycles. The van der Waals surface area contributed by atoms with E-state index in [-0.39, 0.29) is 0 Å². The van der Waals surface area contributed by atoms with Gasteiger partial charge in [0.1, 0.15) is 0 Å². The molecule has 0 bridgehead atoms. The molecular formula is C14H18N4OSe. The Morgan fingerprint density at radius 1 is 1.20 bits per heavy atom. The zero-order chi connectivity index (χ0) is 14.7. The molecule has 6 heteroatoms. The van der Waals surface area contributed by atoms with Crippen molar-refractivity contribution in [3.05, 3.63) is 29.8 Å². The Morgan fingerprint density at radius 2 is 1.95 bits per heavy atom. The van der Waals surface area contributed by atoms with Gasteiger partial charge in [0.15, 0.2) is 0 Å². The van der Waals surface area contributed by atoms with Crippen LogP contribution in [0.4, 0.5) is 5.82 Å². The van der Waals surface area contributed by atoms with Gasteiger partial charge in [0, 0.05) is 0 Å². The van der Waals surface area contributed by atoms with E-state index in [1.165, 1.54) is 0 Å². The van der Waals surface area contributed by atoms with E-state index in [9.17, 15) is 0 Å². The van der Waals surface area contributed by atoms with Crippen LogP contribution in [-0.4, -0.2) is 29.9 Å². The molecule has 2 aromatic heterocycles. The predicted molar refractivity (Wildman–Crippen MR) is 80.8 cm³/mol. The molecule has 2 N–H and O–H groups in total. The summed E-state index contributed by atoms with van der Waals surface area (Å²) in [4.78, 5) is 12.7. The van der Waals surface area contributed by atoms with Crippen LogP contribution in [0.2, 0.25) is 5.82 Å². The summed E-state index contributed by atoms with van der Waals surface area (Å²) < 4.78 is 6.96. The fourth-order valence-electron chi connectivity index (χ4n) is 1.74. The van der Waals surface area contributed by atoms with Gasteiger partial charge in [0.2, 0.25) is 0 Å². The molecule has 20 heavy (non-hydrogen) atoms. The molecule has 0 unspecified atom stereocenters. The van der Waals surface area contributed by atoms with Gasteiger partial charge in [0.25, 0.3) is 0 Å². The third-order valence-electron chi connectivity index (χ3n) is 2.82. The third-order valence-corrected chi connectivity index (χ3v) is 4.17. The van der Waals surface area contributed by atoms with E-state index in [2.05, 4.69) is 34.6 Å². The predicted octanol–water partition coefficient (Wildman–Crippen LogP) is 2.06. The minimum atomic E-state index is 0.322. The van der Waals surface area contributed by atoms with Crippen LogP contribution in [-0.2, 0) is 0 Å². The van der Waals surface area contributed by atoms with Crippen molar-refractivity contribution in [3.8, 4) is 11.5 Å². The van der Waals surface area contributed by atoms with E-state index in [0.717, 1.165) is 15.9 Å². The molecular weight excluding hydrogens is 319 g/mol. The monoisotopic (exact) mass is 338 g/mol. The van der Waals surface area contributed by atoms with Crippen LogP contribution < -0.4 is 15.1 Å². The fraction of sp³-hybridized carbons (Fsp3) is 0.357. The molecule has 0 aliphatic carbocycles. The van der Waals surface area contributed by atoms with Crippen molar-refractivity contribution in [3.63, 3.8) is 0 Å². The molecule has 0 radical (unpaired) electrons. The Bertz CT molecular complexity index is 616. The van der Waals surface area contributed by atoms with Crippen LogP contribution in [0.5, 0.6) is 11.5 Å². The number of hydrogen-bond acceptors (Lipinski definition) is 5. The quantitative estimate of drug-likeness (QED) is 0.865. The van der Waals surface area contributed by atoms with Crippen molar-refractivity contribution in [2.24, 2.45) is 0 Å². The third kappa shape index (κ3) is 3.26. The first kappa shape index (κ1) is 14.8. The number of nitrogens with zero attached hydrogens (tertiary/aromatic N) is 3. The molecule has 5 nitrogen and oxygen atoms in total. The van der Waals surface area contributed by atoms with E-state index in [1.54, 1.807) is 13.1 Å². The van der Waals surface area contributed by atoms with E-state index < -0.39 is 0 Å². The Balaban J connectivity index is 2.40. The Kier molecular flexibility index (Phi) is 4.57. The SMILES string of the molecule is C[Se]c1cc(Oc2cnc(C)nc2N)c(C(C)C)cn1. The number of rotatable bonds is 4. The van der Waals surface area contributed by atoms with E-state index in [4.69, 9.17) is 10.5 Å². The van der Waals surface area contributed by atoms with Crippen LogP contribution in [0.15, 0.2) is 18.5 Å². The molecule has 0 atom stereocenters. The fourth-order valence-corrected chi connectivity index (χ4v) is 2.54. The summed E-state index contributed by atoms with van der Waals surface area (Å²) in [5.41, 5.74) is 6.93. The van der Waals surface area contributed by atoms with Gasteiger partial charge in [-0.05, 0) is 0 Å². The van der Waals surface area contributed by atoms with Crippen LogP contribution in [0.25, 0.3) is 0 Å². The Morgan fingerprint density at radius 3 is 2.55 bits per heavy atom. The number of pyridine rings is 1. The van der Waals surface area contributed by atoms with Crippen molar-refractivity contribution in [2.45, 2.75) is 32.5 Å². The Labute approximate surface area is 125 Å². The molecule has 2 aromatic rings. The summed E-state index contributed by atoms with van der Waals surface area (Å²) in [6, 6.07) is 1.98. The first-order chi connectivity index (χ1) is 9.51. The minimum absolute atomic E-state index is 0.322. The average molecular weight is 337 g/mol. The van der Waals surface area contributed by atoms with Gasteiger partial charge in [0.05, 0.1) is 0 Å². The maximum atomic E-state index is 5.92. The van der Waals surface area contributed by atoms with Crippen molar-refractivity contribution >= 4 is 25.4 Å². The van der Waals surface area contributed by atoms with Gasteiger partial charge in [-0.25, -0.2) is 0 Å². The van der Waals surface area contributed by atoms with Gasteiger partial charge in [-0.2, -0.15) is 0 Å². The second-order valence-corrected chi connectivity index (χ2v) is 6.42. The average Bonchev–Trinajstić information content (AvgIpc) is 2.41. The Hall–Kier alpha value is -1.65. The van der Waals surface area contributed by atoms with Crippen LogP contribution in [0.3, 0.4) is 0 Å². The standard InChI is InChI=1S/C14H18N4OSe/c1-8(2)10-6-17-13(20-4)5-11(10)19-12-7-16-9(3)18-14(12)15/h5-8H,1-4H3,(H2,15,16,18). The van der Waals surface area contributed by atoms with Gasteiger partial charge in [-0.15, -0.1) is 0 Å². The van der Waals surface area contributed by atoms with Gasteiger partial charge in [-0.1, -0.05) is 0 Å². The zero-order valence-electron chi connectivity index (χ0n) is 12.0. The summed E-state index contributed by atoms with van der Waals surface area (Å²) in [6.07, 6.45) is 3.49. The molecule has 0 fully saturated rings. The number of anilines is 1. The summed E-state index contributed by atoms with van der Waals surface area (Å²) >= 11 is 0.322. The first-order valence-corrected chi connectivity index (χ1v) is 8.89. The molecule has 0 spiro atoms. The summed E-state index contributed by atoms with van der Waals surface area (Å²) in [5, 5.41) is 0. The normalized spacial score (nSPS) is 10.8. The van der Waals surface area contributed by atoms with Crippen LogP contribution in [0, 0.1) is 6.92 Å². The van der Waals surface area contributed by atoms with E-state index in [1.807, 2.05) is 12.3 Å². The van der Waals surface area contributed by atoms with Crippen molar-refractivity contribution < 1.29 is 4.74 Å². The number of ether oxygens (including phenoxy) is 1. The van der Waals surface area contributed by atoms with Crippen molar-refractivity contribution in [1.82, 2.24) is 15.0 Å². The molecule has 0 aliphatic rings. The van der Waals surface area contributed by atoms with Gasteiger partial charge < -0.3 is 0 Å². The molecule has 2 heterocycles. The number of nitrogens with two attached hydrogens (primary N) is 1. The summed E-state index contributed by atoms with van der Waals surface area (Å²) in [7, 11) is 0. The summed E-state index contributed by atoms with van der Waals surface area (Å²) in [6.45, 7) is 6.01. The van der Waals surface area contributed by atoms with E-state index in [0.29, 0.717) is 38.3 Å². The molecule has 106 valence electrons. The molecule has 2 rings (SSSR count). The molecule has 0 amide bonds. The van der Waals surface area contributed by atoms with Crippen molar-refractivity contribution in [1.29, 1.82) is 0 Å². The van der Waals surface area contributed by atoms with Gasteiger partial charge >= 0.3 is 125 Å². The van der Waals surface area contributed by atoms with Crippen LogP contribution >= 0.6 is 0 Å². The number of nitrogen functional groups attached to an aromatic ring is 1. The molecule has 0 saturated heterocycles. The van der Waals surface area contributed by atoms with Crippen LogP contribution in [0.1, 0.15) is 31.2 Å². The van der Waals surface area contributed by atoms with Gasteiger partial charge in [-0.3, -0.25) is 0 Å². The number of aryl methyl sites for hydroxylation is 1. The molecule has 0 aromatic carbocycles. The second kappa shape index (κ2) is 6.20. The summed E-state index contributed by atoms with van der Waals surface area (Å²) in [5.74, 6) is 4.70. The topological polar surface area (TPSA) is 73.9 Å². The maximum absolute atomic E-state index is 5.92. The number of aromatic nitrogens is 3. The van der Waals surface area contributed by atoms with Crippen molar-refractivity contribution in [2.75, 3.05) is 5.73 Å². The molecule has 0 saturated carbocycles. The number of hydrogen-bond donors (Lipinski definition) is 1. The zero-order valence-corrected chi connectivity index (χ0v) is 13.8. The first-order valence-electron chi connectivity index (χ1n) is 6.32. The second-order valence-electron chi connectivity index (χ2n) is 4.69.